The first kappa shape index (κ1) is 25.5. The van der Waals surface area contributed by atoms with Gasteiger partial charge in [-0.3, -0.25) is 14.2 Å². The predicted octanol–water partition coefficient (Wildman–Crippen LogP) is 4.43. The highest BCUT2D eigenvalue weighted by Gasteiger charge is 2.37. The van der Waals surface area contributed by atoms with Crippen LogP contribution < -0.4 is 19.8 Å². The number of amides is 1. The Morgan fingerprint density at radius 3 is 2.56 bits per heavy atom. The van der Waals surface area contributed by atoms with Gasteiger partial charge in [-0.2, -0.15) is 0 Å². The summed E-state index contributed by atoms with van der Waals surface area (Å²) in [5.74, 6) is -0.767. The van der Waals surface area contributed by atoms with Gasteiger partial charge in [0.25, 0.3) is 11.5 Å². The number of carbonyl (C=O) groups excluding carboxylic acids is 2. The van der Waals surface area contributed by atoms with Crippen molar-refractivity contribution in [1.82, 2.24) is 4.57 Å². The van der Waals surface area contributed by atoms with Gasteiger partial charge in [0, 0.05) is 15.5 Å². The van der Waals surface area contributed by atoms with Crippen molar-refractivity contribution in [3.05, 3.63) is 118 Å². The third-order valence-electron chi connectivity index (χ3n) is 6.71. The van der Waals surface area contributed by atoms with Crippen LogP contribution in [0, 0.1) is 0 Å². The fraction of sp³-hybridized carbons (Fsp3) is 0.172. The number of esters is 1. The molecule has 196 valence electrons. The summed E-state index contributed by atoms with van der Waals surface area (Å²) in [5.41, 5.74) is 3.13. The molecule has 39 heavy (non-hydrogen) atoms. The number of para-hydroxylation sites is 1. The number of thiazole rings is 1. The molecule has 0 unspecified atom stereocenters. The van der Waals surface area contributed by atoms with Gasteiger partial charge in [-0.05, 0) is 49.1 Å². The van der Waals surface area contributed by atoms with Crippen molar-refractivity contribution in [3.8, 4) is 0 Å². The first-order valence-corrected chi connectivity index (χ1v) is 14.4. The van der Waals surface area contributed by atoms with Crippen LogP contribution in [0.5, 0.6) is 0 Å². The summed E-state index contributed by atoms with van der Waals surface area (Å²) in [4.78, 5) is 48.7. The molecule has 0 radical (unpaired) electrons. The second-order valence-electron chi connectivity index (χ2n) is 9.05. The number of anilines is 1. The molecule has 10 heteroatoms. The Hall–Kier alpha value is -3.79. The molecule has 0 N–H and O–H groups in total. The molecular weight excluding hydrogens is 554 g/mol. The molecule has 2 aliphatic heterocycles. The zero-order valence-electron chi connectivity index (χ0n) is 21.0. The highest BCUT2D eigenvalue weighted by atomic mass is 35.5. The second-order valence-corrected chi connectivity index (χ2v) is 11.4. The lowest BCUT2D eigenvalue weighted by atomic mass is 10.0. The summed E-state index contributed by atoms with van der Waals surface area (Å²) >= 11 is 8.67. The fourth-order valence-electron chi connectivity index (χ4n) is 4.99. The molecule has 0 saturated carbocycles. The van der Waals surface area contributed by atoms with Crippen LogP contribution in [0.3, 0.4) is 0 Å². The minimum atomic E-state index is -0.688. The number of allylic oxidation sites excluding steroid dienone is 1. The summed E-state index contributed by atoms with van der Waals surface area (Å²) in [7, 11) is 0. The summed E-state index contributed by atoms with van der Waals surface area (Å²) in [6.07, 6.45) is 0. The highest BCUT2D eigenvalue weighted by Crippen LogP contribution is 2.37. The zero-order valence-corrected chi connectivity index (χ0v) is 23.4. The molecule has 1 amide bonds. The summed E-state index contributed by atoms with van der Waals surface area (Å²) in [5, 5.41) is 2.52. The van der Waals surface area contributed by atoms with Gasteiger partial charge in [0.05, 0.1) is 35.7 Å². The van der Waals surface area contributed by atoms with Crippen LogP contribution in [0.2, 0.25) is 5.02 Å². The number of aromatic nitrogens is 1. The second kappa shape index (κ2) is 10.1. The van der Waals surface area contributed by atoms with E-state index in [9.17, 15) is 14.4 Å². The van der Waals surface area contributed by atoms with Crippen LogP contribution in [0.25, 0.3) is 5.57 Å². The molecule has 0 aliphatic carbocycles. The number of fused-ring (bicyclic) bond motifs is 2. The smallest absolute Gasteiger partial charge is 0.338 e. The monoisotopic (exact) mass is 575 g/mol. The zero-order chi connectivity index (χ0) is 27.3. The van der Waals surface area contributed by atoms with E-state index in [1.54, 1.807) is 30.9 Å². The Balaban J connectivity index is 1.55. The summed E-state index contributed by atoms with van der Waals surface area (Å²) < 4.78 is 7.16. The molecule has 1 atom stereocenters. The number of ether oxygens (including phenoxy) is 1. The number of hydrogen-bond acceptors (Lipinski definition) is 7. The third kappa shape index (κ3) is 4.27. The minimum absolute atomic E-state index is 0.204. The van der Waals surface area contributed by atoms with Crippen LogP contribution in [0.4, 0.5) is 5.69 Å². The SMILES string of the molecule is CCOC(=O)C1=C(C)N=c2s/c(=C3/C(=O)N(Cc4ccc(Cl)cc4)c4ccccc43)c(=O)n2[C@@H]1c1cccs1. The van der Waals surface area contributed by atoms with E-state index < -0.39 is 12.0 Å². The first-order chi connectivity index (χ1) is 18.9. The molecule has 6 rings (SSSR count). The molecular formula is C29H22ClN3O4S2. The highest BCUT2D eigenvalue weighted by molar-refractivity contribution is 7.10. The van der Waals surface area contributed by atoms with Crippen LogP contribution in [0.1, 0.15) is 35.9 Å². The molecule has 0 bridgehead atoms. The molecule has 2 aliphatic rings. The quantitative estimate of drug-likeness (QED) is 0.330. The van der Waals surface area contributed by atoms with Crippen molar-refractivity contribution in [2.45, 2.75) is 26.4 Å². The van der Waals surface area contributed by atoms with Crippen LogP contribution >= 0.6 is 34.3 Å². The number of benzene rings is 2. The number of rotatable bonds is 5. The van der Waals surface area contributed by atoms with Crippen LogP contribution in [-0.4, -0.2) is 23.1 Å². The Labute approximate surface area is 236 Å². The molecule has 0 spiro atoms. The molecule has 2 aromatic carbocycles. The van der Waals surface area contributed by atoms with Gasteiger partial charge in [-0.1, -0.05) is 59.3 Å². The number of halogens is 1. The minimum Gasteiger partial charge on any atom is -0.463 e. The van der Waals surface area contributed by atoms with E-state index in [0.717, 1.165) is 16.1 Å². The molecule has 4 aromatic rings. The van der Waals surface area contributed by atoms with E-state index in [0.29, 0.717) is 43.3 Å². The maximum atomic E-state index is 14.1. The Bertz CT molecular complexity index is 1840. The first-order valence-electron chi connectivity index (χ1n) is 12.3. The van der Waals surface area contributed by atoms with Crippen molar-refractivity contribution in [2.75, 3.05) is 11.5 Å². The molecule has 4 heterocycles. The van der Waals surface area contributed by atoms with Crippen molar-refractivity contribution >= 4 is 57.4 Å². The van der Waals surface area contributed by atoms with Gasteiger partial charge in [0.2, 0.25) is 0 Å². The summed E-state index contributed by atoms with van der Waals surface area (Å²) in [6.45, 7) is 4.02. The number of nitrogens with zero attached hydrogens (tertiary/aromatic N) is 3. The van der Waals surface area contributed by atoms with E-state index in [1.165, 1.54) is 27.2 Å². The van der Waals surface area contributed by atoms with Gasteiger partial charge in [0.1, 0.15) is 10.6 Å². The predicted molar refractivity (Wildman–Crippen MR) is 153 cm³/mol. The average Bonchev–Trinajstić information content (AvgIpc) is 3.63. The third-order valence-corrected chi connectivity index (χ3v) is 8.94. The van der Waals surface area contributed by atoms with Crippen LogP contribution in [0.15, 0.2) is 87.1 Å². The van der Waals surface area contributed by atoms with E-state index in [4.69, 9.17) is 16.3 Å². The number of thiophene rings is 1. The average molecular weight is 576 g/mol. The van der Waals surface area contributed by atoms with Gasteiger partial charge in [-0.25, -0.2) is 9.79 Å². The van der Waals surface area contributed by atoms with Gasteiger partial charge < -0.3 is 9.64 Å². The van der Waals surface area contributed by atoms with Gasteiger partial charge >= 0.3 is 5.97 Å². The van der Waals surface area contributed by atoms with Crippen LogP contribution in [-0.2, 0) is 20.9 Å². The van der Waals surface area contributed by atoms with Gasteiger partial charge in [0.15, 0.2) is 4.80 Å². The van der Waals surface area contributed by atoms with Crippen molar-refractivity contribution in [1.29, 1.82) is 0 Å². The van der Waals surface area contributed by atoms with E-state index in [2.05, 4.69) is 4.99 Å². The van der Waals surface area contributed by atoms with Crippen molar-refractivity contribution in [3.63, 3.8) is 0 Å². The lowest BCUT2D eigenvalue weighted by molar-refractivity contribution is -0.139. The summed E-state index contributed by atoms with van der Waals surface area (Å²) in [6, 6.07) is 17.9. The van der Waals surface area contributed by atoms with Gasteiger partial charge in [-0.15, -0.1) is 11.3 Å². The number of hydrogen-bond donors (Lipinski definition) is 0. The molecule has 7 nitrogen and oxygen atoms in total. The Morgan fingerprint density at radius 2 is 1.85 bits per heavy atom. The lowest BCUT2D eigenvalue weighted by Crippen LogP contribution is -2.40. The van der Waals surface area contributed by atoms with E-state index >= 15 is 0 Å². The Kier molecular flexibility index (Phi) is 6.58. The maximum absolute atomic E-state index is 14.1. The largest absolute Gasteiger partial charge is 0.463 e. The standard InChI is InChI=1S/C29H22ClN3O4S2/c1-3-37-28(36)22-16(2)31-29-33(24(22)21-9-6-14-38-21)27(35)25(39-29)23-19-7-4-5-8-20(19)32(26(23)34)15-17-10-12-18(30)13-11-17/h4-14,24H,3,15H2,1-2H3/b25-23+/t24-/m1/s1. The molecule has 2 aromatic heterocycles. The molecule has 0 fully saturated rings. The van der Waals surface area contributed by atoms with Crippen molar-refractivity contribution < 1.29 is 14.3 Å². The fourth-order valence-corrected chi connectivity index (χ4v) is 7.07. The number of carbonyl (C=O) groups is 2. The van der Waals surface area contributed by atoms with E-state index in [-0.39, 0.29) is 18.1 Å². The lowest BCUT2D eigenvalue weighted by Gasteiger charge is -2.23. The normalized spacial score (nSPS) is 17.7. The topological polar surface area (TPSA) is 81.0 Å². The van der Waals surface area contributed by atoms with E-state index in [1.807, 2.05) is 53.9 Å². The maximum Gasteiger partial charge on any atom is 0.338 e. The Morgan fingerprint density at radius 1 is 1.08 bits per heavy atom. The van der Waals surface area contributed by atoms with Crippen molar-refractivity contribution in [2.24, 2.45) is 4.99 Å². The molecule has 0 saturated heterocycles.